The van der Waals surface area contributed by atoms with Crippen molar-refractivity contribution in [1.82, 2.24) is 0 Å². The standard InChI is InChI=1S/C26H38O13/c1-5-9-18(29)34-15-16-23(36-19(30)10-6-2)24(37-20(31)11-7-3)25(38-21(32)12-8-4)26(35-16)39-22(33)14-13-17(27)28/h13-14,16,23-26H,5-12,15H2,1-4H3,(H,27,28)/b14-13+/t16-,23-,24+,25-,26+/m1/s1. The first-order chi connectivity index (χ1) is 18.6. The normalized spacial score (nSPS) is 22.5. The van der Waals surface area contributed by atoms with E-state index < -0.39 is 73.1 Å². The summed E-state index contributed by atoms with van der Waals surface area (Å²) >= 11 is 0. The number of carbonyl (C=O) groups is 6. The molecular formula is C26H38O13. The van der Waals surface area contributed by atoms with Crippen molar-refractivity contribution in [2.45, 2.75) is 110 Å². The highest BCUT2D eigenvalue weighted by Crippen LogP contribution is 2.31. The van der Waals surface area contributed by atoms with E-state index in [1.54, 1.807) is 27.7 Å². The van der Waals surface area contributed by atoms with Crippen LogP contribution in [-0.4, -0.2) is 78.2 Å². The second-order valence-corrected chi connectivity index (χ2v) is 8.70. The fourth-order valence-corrected chi connectivity index (χ4v) is 3.50. The van der Waals surface area contributed by atoms with E-state index in [1.165, 1.54) is 0 Å². The lowest BCUT2D eigenvalue weighted by Crippen LogP contribution is -2.63. The van der Waals surface area contributed by atoms with Gasteiger partial charge in [-0.05, 0) is 25.7 Å². The molecule has 1 aliphatic rings. The highest BCUT2D eigenvalue weighted by Gasteiger charge is 2.54. The largest absolute Gasteiger partial charge is 0.478 e. The van der Waals surface area contributed by atoms with E-state index in [0.29, 0.717) is 37.8 Å². The van der Waals surface area contributed by atoms with Gasteiger partial charge >= 0.3 is 35.8 Å². The summed E-state index contributed by atoms with van der Waals surface area (Å²) in [5, 5.41) is 8.81. The van der Waals surface area contributed by atoms with Gasteiger partial charge in [0.15, 0.2) is 12.2 Å². The molecule has 0 saturated carbocycles. The quantitative estimate of drug-likeness (QED) is 0.166. The van der Waals surface area contributed by atoms with Crippen LogP contribution in [0.25, 0.3) is 0 Å². The Bertz CT molecular complexity index is 881. The molecule has 1 fully saturated rings. The van der Waals surface area contributed by atoms with Gasteiger partial charge in [0.1, 0.15) is 12.7 Å². The third-order valence-corrected chi connectivity index (χ3v) is 5.21. The number of rotatable bonds is 16. The number of carboxylic acid groups (broad SMARTS) is 1. The van der Waals surface area contributed by atoms with E-state index in [1.807, 2.05) is 0 Å². The third-order valence-electron chi connectivity index (χ3n) is 5.21. The summed E-state index contributed by atoms with van der Waals surface area (Å²) in [7, 11) is 0. The number of hydrogen-bond donors (Lipinski definition) is 1. The van der Waals surface area contributed by atoms with Gasteiger partial charge in [-0.15, -0.1) is 0 Å². The highest BCUT2D eigenvalue weighted by molar-refractivity contribution is 5.90. The van der Waals surface area contributed by atoms with Crippen molar-refractivity contribution >= 4 is 35.8 Å². The van der Waals surface area contributed by atoms with E-state index in [4.69, 9.17) is 33.5 Å². The molecule has 13 heteroatoms. The molecule has 0 aromatic rings. The number of carbonyl (C=O) groups excluding carboxylic acids is 5. The monoisotopic (exact) mass is 558 g/mol. The molecule has 0 unspecified atom stereocenters. The van der Waals surface area contributed by atoms with Gasteiger partial charge in [-0.2, -0.15) is 0 Å². The van der Waals surface area contributed by atoms with Crippen molar-refractivity contribution in [1.29, 1.82) is 0 Å². The van der Waals surface area contributed by atoms with Gasteiger partial charge in [0, 0.05) is 37.8 Å². The molecule has 220 valence electrons. The number of hydrogen-bond acceptors (Lipinski definition) is 12. The Hall–Kier alpha value is -3.48. The van der Waals surface area contributed by atoms with Crippen LogP contribution in [0.15, 0.2) is 12.2 Å². The van der Waals surface area contributed by atoms with Crippen molar-refractivity contribution in [2.24, 2.45) is 0 Å². The molecule has 0 aromatic carbocycles. The van der Waals surface area contributed by atoms with Gasteiger partial charge in [-0.1, -0.05) is 27.7 Å². The molecule has 0 spiro atoms. The third kappa shape index (κ3) is 12.3. The van der Waals surface area contributed by atoms with Gasteiger partial charge in [0.25, 0.3) is 0 Å². The minimum absolute atomic E-state index is 0.00710. The molecule has 0 aromatic heterocycles. The summed E-state index contributed by atoms with van der Waals surface area (Å²) in [4.78, 5) is 72.8. The predicted octanol–water partition coefficient (Wildman–Crippen LogP) is 2.37. The van der Waals surface area contributed by atoms with Crippen LogP contribution < -0.4 is 0 Å². The lowest BCUT2D eigenvalue weighted by atomic mass is 9.97. The maximum atomic E-state index is 12.6. The zero-order valence-corrected chi connectivity index (χ0v) is 22.8. The van der Waals surface area contributed by atoms with E-state index in [0.717, 1.165) is 0 Å². The average molecular weight is 559 g/mol. The molecule has 1 N–H and O–H groups in total. The molecule has 5 atom stereocenters. The molecule has 0 radical (unpaired) electrons. The molecule has 1 aliphatic heterocycles. The highest BCUT2D eigenvalue weighted by atomic mass is 16.7. The molecule has 0 aliphatic carbocycles. The first kappa shape index (κ1) is 33.5. The van der Waals surface area contributed by atoms with Crippen molar-refractivity contribution in [3.63, 3.8) is 0 Å². The second-order valence-electron chi connectivity index (χ2n) is 8.70. The van der Waals surface area contributed by atoms with Crippen LogP contribution in [0, 0.1) is 0 Å². The Balaban J connectivity index is 3.51. The van der Waals surface area contributed by atoms with Crippen LogP contribution in [0.2, 0.25) is 0 Å². The Kier molecular flexibility index (Phi) is 15.4. The molecule has 13 nitrogen and oxygen atoms in total. The Morgan fingerprint density at radius 3 is 1.59 bits per heavy atom. The summed E-state index contributed by atoms with van der Waals surface area (Å²) < 4.78 is 32.9. The summed E-state index contributed by atoms with van der Waals surface area (Å²) in [6.45, 7) is 6.50. The van der Waals surface area contributed by atoms with Gasteiger partial charge in [0.05, 0.1) is 0 Å². The van der Waals surface area contributed by atoms with Crippen LogP contribution in [0.1, 0.15) is 79.1 Å². The lowest BCUT2D eigenvalue weighted by Gasteiger charge is -2.43. The fourth-order valence-electron chi connectivity index (χ4n) is 3.50. The van der Waals surface area contributed by atoms with Crippen LogP contribution in [0.5, 0.6) is 0 Å². The second kappa shape index (κ2) is 17.9. The van der Waals surface area contributed by atoms with E-state index in [2.05, 4.69) is 0 Å². The average Bonchev–Trinajstić information content (AvgIpc) is 2.85. The van der Waals surface area contributed by atoms with Gasteiger partial charge in [-0.3, -0.25) is 19.2 Å². The van der Waals surface area contributed by atoms with Gasteiger partial charge < -0.3 is 33.5 Å². The number of esters is 5. The van der Waals surface area contributed by atoms with Crippen LogP contribution in [0.3, 0.4) is 0 Å². The maximum Gasteiger partial charge on any atom is 0.333 e. The van der Waals surface area contributed by atoms with E-state index in [-0.39, 0.29) is 25.7 Å². The molecule has 39 heavy (non-hydrogen) atoms. The first-order valence-corrected chi connectivity index (χ1v) is 13.1. The number of aliphatic carboxylic acids is 1. The zero-order valence-electron chi connectivity index (χ0n) is 22.8. The lowest BCUT2D eigenvalue weighted by molar-refractivity contribution is -0.300. The SMILES string of the molecule is CCCC(=O)OC[C@H]1O[C@@H](OC(=O)/C=C/C(=O)O)[C@H](OC(=O)CCC)[C@@H](OC(=O)CCC)[C@@H]1OC(=O)CCC. The van der Waals surface area contributed by atoms with Gasteiger partial charge in [0.2, 0.25) is 12.4 Å². The molecule has 1 rings (SSSR count). The minimum atomic E-state index is -1.73. The molecule has 0 amide bonds. The van der Waals surface area contributed by atoms with Crippen LogP contribution in [0.4, 0.5) is 0 Å². The van der Waals surface area contributed by atoms with Crippen LogP contribution >= 0.6 is 0 Å². The summed E-state index contributed by atoms with van der Waals surface area (Å²) in [6, 6.07) is 0. The zero-order chi connectivity index (χ0) is 29.4. The molecular weight excluding hydrogens is 520 g/mol. The molecule has 0 bridgehead atoms. The van der Waals surface area contributed by atoms with E-state index >= 15 is 0 Å². The Morgan fingerprint density at radius 2 is 1.10 bits per heavy atom. The van der Waals surface area contributed by atoms with Gasteiger partial charge in [-0.25, -0.2) is 9.59 Å². The number of carboxylic acids is 1. The summed E-state index contributed by atoms with van der Waals surface area (Å²) in [6.07, 6.45) is -4.58. The predicted molar refractivity (Wildman–Crippen MR) is 132 cm³/mol. The summed E-state index contributed by atoms with van der Waals surface area (Å²) in [5.41, 5.74) is 0. The first-order valence-electron chi connectivity index (χ1n) is 13.1. The minimum Gasteiger partial charge on any atom is -0.478 e. The smallest absolute Gasteiger partial charge is 0.333 e. The van der Waals surface area contributed by atoms with Crippen molar-refractivity contribution in [3.05, 3.63) is 12.2 Å². The Morgan fingerprint density at radius 1 is 0.641 bits per heavy atom. The molecule has 1 saturated heterocycles. The summed E-state index contributed by atoms with van der Waals surface area (Å²) in [5.74, 6) is -5.29. The Labute approximate surface area is 227 Å². The molecule has 1 heterocycles. The van der Waals surface area contributed by atoms with E-state index in [9.17, 15) is 28.8 Å². The van der Waals surface area contributed by atoms with Crippen LogP contribution in [-0.2, 0) is 57.2 Å². The topological polar surface area (TPSA) is 178 Å². The van der Waals surface area contributed by atoms with Crippen molar-refractivity contribution in [3.8, 4) is 0 Å². The van der Waals surface area contributed by atoms with Crippen molar-refractivity contribution < 1.29 is 62.3 Å². The maximum absolute atomic E-state index is 12.6. The fraction of sp³-hybridized carbons (Fsp3) is 0.692. The number of ether oxygens (including phenoxy) is 6. The van der Waals surface area contributed by atoms with Crippen molar-refractivity contribution in [2.75, 3.05) is 6.61 Å².